The molecule has 1 rings (SSSR count). The van der Waals surface area contributed by atoms with Gasteiger partial charge >= 0.3 is 0 Å². The Balaban J connectivity index is 2.33. The standard InChI is InChI=1S/C12H24N2O2/c1-10(5-8-15)9-14-11(16)12(13)6-3-2-4-7-12/h10,15H,2-9,13H2,1H3,(H,14,16). The molecular weight excluding hydrogens is 204 g/mol. The number of nitrogens with two attached hydrogens (primary N) is 1. The van der Waals surface area contributed by atoms with Gasteiger partial charge in [-0.2, -0.15) is 0 Å². The van der Waals surface area contributed by atoms with Crippen molar-refractivity contribution < 1.29 is 9.90 Å². The van der Waals surface area contributed by atoms with E-state index in [0.717, 1.165) is 32.1 Å². The highest BCUT2D eigenvalue weighted by Gasteiger charge is 2.34. The van der Waals surface area contributed by atoms with E-state index < -0.39 is 5.54 Å². The number of rotatable bonds is 5. The molecule has 0 bridgehead atoms. The normalized spacial score (nSPS) is 21.4. The first-order valence-electron chi connectivity index (χ1n) is 6.26. The molecule has 0 saturated heterocycles. The van der Waals surface area contributed by atoms with Crippen molar-refractivity contribution >= 4 is 5.91 Å². The van der Waals surface area contributed by atoms with Gasteiger partial charge < -0.3 is 16.2 Å². The van der Waals surface area contributed by atoms with Gasteiger partial charge in [0, 0.05) is 13.2 Å². The Morgan fingerprint density at radius 1 is 1.44 bits per heavy atom. The number of aliphatic hydroxyl groups is 1. The van der Waals surface area contributed by atoms with E-state index in [9.17, 15) is 4.79 Å². The highest BCUT2D eigenvalue weighted by atomic mass is 16.3. The lowest BCUT2D eigenvalue weighted by molar-refractivity contribution is -0.127. The Labute approximate surface area is 97.6 Å². The lowest BCUT2D eigenvalue weighted by Crippen LogP contribution is -2.55. The predicted molar refractivity (Wildman–Crippen MR) is 63.9 cm³/mol. The fourth-order valence-electron chi connectivity index (χ4n) is 2.18. The van der Waals surface area contributed by atoms with Crippen LogP contribution in [0.1, 0.15) is 45.4 Å². The van der Waals surface area contributed by atoms with E-state index in [1.807, 2.05) is 6.92 Å². The molecule has 0 aromatic heterocycles. The smallest absolute Gasteiger partial charge is 0.240 e. The topological polar surface area (TPSA) is 75.3 Å². The van der Waals surface area contributed by atoms with E-state index in [1.54, 1.807) is 0 Å². The van der Waals surface area contributed by atoms with Crippen LogP contribution in [0.4, 0.5) is 0 Å². The van der Waals surface area contributed by atoms with Gasteiger partial charge in [0.2, 0.25) is 5.91 Å². The molecule has 1 aliphatic rings. The van der Waals surface area contributed by atoms with Gasteiger partial charge in [-0.15, -0.1) is 0 Å². The summed E-state index contributed by atoms with van der Waals surface area (Å²) in [7, 11) is 0. The second-order valence-corrected chi connectivity index (χ2v) is 5.04. The molecule has 0 heterocycles. The summed E-state index contributed by atoms with van der Waals surface area (Å²) < 4.78 is 0. The molecule has 0 aliphatic heterocycles. The molecule has 4 nitrogen and oxygen atoms in total. The zero-order valence-electron chi connectivity index (χ0n) is 10.2. The minimum atomic E-state index is -0.642. The summed E-state index contributed by atoms with van der Waals surface area (Å²) in [6.07, 6.45) is 5.61. The van der Waals surface area contributed by atoms with E-state index in [4.69, 9.17) is 10.8 Å². The average Bonchev–Trinajstić information content (AvgIpc) is 2.27. The maximum atomic E-state index is 11.9. The second-order valence-electron chi connectivity index (χ2n) is 5.04. The van der Waals surface area contributed by atoms with Crippen molar-refractivity contribution in [1.29, 1.82) is 0 Å². The third kappa shape index (κ3) is 3.76. The van der Waals surface area contributed by atoms with Crippen LogP contribution in [-0.2, 0) is 4.79 Å². The SMILES string of the molecule is CC(CCO)CNC(=O)C1(N)CCCCC1. The van der Waals surface area contributed by atoms with Gasteiger partial charge in [-0.3, -0.25) is 4.79 Å². The summed E-state index contributed by atoms with van der Waals surface area (Å²) >= 11 is 0. The molecule has 1 unspecified atom stereocenters. The number of amides is 1. The van der Waals surface area contributed by atoms with E-state index in [-0.39, 0.29) is 12.5 Å². The minimum Gasteiger partial charge on any atom is -0.396 e. The molecule has 4 N–H and O–H groups in total. The lowest BCUT2D eigenvalue weighted by atomic mass is 9.82. The first-order valence-corrected chi connectivity index (χ1v) is 6.26. The molecule has 0 aromatic carbocycles. The summed E-state index contributed by atoms with van der Waals surface area (Å²) in [5, 5.41) is 11.7. The number of aliphatic hydroxyl groups excluding tert-OH is 1. The molecule has 1 atom stereocenters. The van der Waals surface area contributed by atoms with Gasteiger partial charge in [0.05, 0.1) is 5.54 Å². The number of carbonyl (C=O) groups is 1. The van der Waals surface area contributed by atoms with Crippen molar-refractivity contribution in [1.82, 2.24) is 5.32 Å². The third-order valence-electron chi connectivity index (χ3n) is 3.43. The minimum absolute atomic E-state index is 0.0167. The molecule has 1 amide bonds. The lowest BCUT2D eigenvalue weighted by Gasteiger charge is -2.32. The van der Waals surface area contributed by atoms with Gasteiger partial charge in [0.15, 0.2) is 0 Å². The Kier molecular flexibility index (Phi) is 5.22. The fraction of sp³-hybridized carbons (Fsp3) is 0.917. The quantitative estimate of drug-likeness (QED) is 0.651. The molecule has 0 radical (unpaired) electrons. The summed E-state index contributed by atoms with van der Waals surface area (Å²) in [6.45, 7) is 2.80. The molecule has 94 valence electrons. The molecule has 0 spiro atoms. The van der Waals surface area contributed by atoms with Gasteiger partial charge in [-0.25, -0.2) is 0 Å². The van der Waals surface area contributed by atoms with Crippen LogP contribution in [0.2, 0.25) is 0 Å². The molecule has 16 heavy (non-hydrogen) atoms. The monoisotopic (exact) mass is 228 g/mol. The second kappa shape index (κ2) is 6.21. The van der Waals surface area contributed by atoms with Crippen molar-refractivity contribution in [2.24, 2.45) is 11.7 Å². The molecule has 4 heteroatoms. The van der Waals surface area contributed by atoms with E-state index >= 15 is 0 Å². The van der Waals surface area contributed by atoms with Crippen LogP contribution in [0.25, 0.3) is 0 Å². The van der Waals surface area contributed by atoms with Crippen LogP contribution in [-0.4, -0.2) is 29.7 Å². The van der Waals surface area contributed by atoms with Crippen molar-refractivity contribution in [3.05, 3.63) is 0 Å². The number of hydrogen-bond acceptors (Lipinski definition) is 3. The maximum absolute atomic E-state index is 11.9. The molecular formula is C12H24N2O2. The van der Waals surface area contributed by atoms with Gasteiger partial charge in [0.1, 0.15) is 0 Å². The van der Waals surface area contributed by atoms with Crippen molar-refractivity contribution in [3.63, 3.8) is 0 Å². The summed E-state index contributed by atoms with van der Waals surface area (Å²) in [5.41, 5.74) is 5.46. The van der Waals surface area contributed by atoms with Crippen LogP contribution in [0.15, 0.2) is 0 Å². The Morgan fingerprint density at radius 2 is 2.06 bits per heavy atom. The summed E-state index contributed by atoms with van der Waals surface area (Å²) in [5.74, 6) is 0.290. The predicted octanol–water partition coefficient (Wildman–Crippen LogP) is 0.783. The Morgan fingerprint density at radius 3 is 2.62 bits per heavy atom. The van der Waals surface area contributed by atoms with Gasteiger partial charge in [-0.05, 0) is 25.2 Å². The van der Waals surface area contributed by atoms with E-state index in [2.05, 4.69) is 5.32 Å². The van der Waals surface area contributed by atoms with Crippen molar-refractivity contribution in [2.75, 3.05) is 13.2 Å². The number of nitrogens with one attached hydrogen (secondary N) is 1. The third-order valence-corrected chi connectivity index (χ3v) is 3.43. The highest BCUT2D eigenvalue weighted by molar-refractivity contribution is 5.86. The van der Waals surface area contributed by atoms with Crippen LogP contribution >= 0.6 is 0 Å². The Bertz CT molecular complexity index is 225. The average molecular weight is 228 g/mol. The fourth-order valence-corrected chi connectivity index (χ4v) is 2.18. The van der Waals surface area contributed by atoms with Crippen LogP contribution in [0.3, 0.4) is 0 Å². The molecule has 1 aliphatic carbocycles. The largest absolute Gasteiger partial charge is 0.396 e. The van der Waals surface area contributed by atoms with Crippen LogP contribution in [0, 0.1) is 5.92 Å². The number of carbonyl (C=O) groups excluding carboxylic acids is 1. The van der Waals surface area contributed by atoms with Crippen LogP contribution in [0.5, 0.6) is 0 Å². The number of hydrogen-bond donors (Lipinski definition) is 3. The molecule has 1 saturated carbocycles. The van der Waals surface area contributed by atoms with Crippen molar-refractivity contribution in [3.8, 4) is 0 Å². The molecule has 0 aromatic rings. The summed E-state index contributed by atoms with van der Waals surface area (Å²) in [4.78, 5) is 11.9. The highest BCUT2D eigenvalue weighted by Crippen LogP contribution is 2.25. The van der Waals surface area contributed by atoms with E-state index in [1.165, 1.54) is 6.42 Å². The first-order chi connectivity index (χ1) is 7.58. The van der Waals surface area contributed by atoms with Gasteiger partial charge in [-0.1, -0.05) is 26.2 Å². The zero-order valence-corrected chi connectivity index (χ0v) is 10.2. The summed E-state index contributed by atoms with van der Waals surface area (Å²) in [6, 6.07) is 0. The maximum Gasteiger partial charge on any atom is 0.240 e. The van der Waals surface area contributed by atoms with Crippen molar-refractivity contribution in [2.45, 2.75) is 51.0 Å². The molecule has 1 fully saturated rings. The van der Waals surface area contributed by atoms with E-state index in [0.29, 0.717) is 12.5 Å². The first kappa shape index (κ1) is 13.5. The van der Waals surface area contributed by atoms with Gasteiger partial charge in [0.25, 0.3) is 0 Å². The van der Waals surface area contributed by atoms with Crippen LogP contribution < -0.4 is 11.1 Å². The Hall–Kier alpha value is -0.610. The zero-order chi connectivity index (χ0) is 12.0.